The number of carbonyl (C=O) groups excluding carboxylic acids is 3. The van der Waals surface area contributed by atoms with Gasteiger partial charge in [0.25, 0.3) is 5.91 Å². The predicted molar refractivity (Wildman–Crippen MR) is 106 cm³/mol. The SMILES string of the molecule is CCC(=O)c1nc[nH]c1C(=O)NC1CCC(C(=O)N(C)c2ccccc2)CC1. The second-order valence-electron chi connectivity index (χ2n) is 7.16. The van der Waals surface area contributed by atoms with E-state index in [1.807, 2.05) is 30.3 Å². The molecule has 2 amide bonds. The number of carbonyl (C=O) groups is 3. The molecular weight excluding hydrogens is 356 g/mol. The molecule has 1 heterocycles. The number of para-hydroxylation sites is 1. The Morgan fingerprint density at radius 1 is 1.14 bits per heavy atom. The van der Waals surface area contributed by atoms with Crippen molar-refractivity contribution in [2.24, 2.45) is 5.92 Å². The molecule has 2 aromatic rings. The van der Waals surface area contributed by atoms with Crippen LogP contribution in [0.5, 0.6) is 0 Å². The highest BCUT2D eigenvalue weighted by Gasteiger charge is 2.30. The molecule has 0 spiro atoms. The van der Waals surface area contributed by atoms with Crippen LogP contribution in [0, 0.1) is 5.92 Å². The number of nitrogens with one attached hydrogen (secondary N) is 2. The minimum Gasteiger partial charge on any atom is -0.348 e. The van der Waals surface area contributed by atoms with Gasteiger partial charge >= 0.3 is 0 Å². The number of amides is 2. The standard InChI is InChI=1S/C21H26N4O3/c1-3-17(26)18-19(23-13-22-18)20(27)24-15-11-9-14(10-12-15)21(28)25(2)16-7-5-4-6-8-16/h4-8,13-15H,3,9-12H2,1-2H3,(H,22,23)(H,24,27). The van der Waals surface area contributed by atoms with Crippen molar-refractivity contribution < 1.29 is 14.4 Å². The molecule has 0 saturated heterocycles. The van der Waals surface area contributed by atoms with Crippen LogP contribution in [0.15, 0.2) is 36.7 Å². The zero-order valence-corrected chi connectivity index (χ0v) is 16.3. The van der Waals surface area contributed by atoms with Crippen molar-refractivity contribution >= 4 is 23.3 Å². The Morgan fingerprint density at radius 2 is 1.82 bits per heavy atom. The molecule has 3 rings (SSSR count). The molecule has 148 valence electrons. The summed E-state index contributed by atoms with van der Waals surface area (Å²) in [4.78, 5) is 45.6. The molecule has 0 radical (unpaired) electrons. The predicted octanol–water partition coefficient (Wildman–Crippen LogP) is 2.95. The summed E-state index contributed by atoms with van der Waals surface area (Å²) in [6.07, 6.45) is 4.58. The zero-order chi connectivity index (χ0) is 20.1. The van der Waals surface area contributed by atoms with Gasteiger partial charge in [-0.2, -0.15) is 0 Å². The van der Waals surface area contributed by atoms with Crippen molar-refractivity contribution in [2.75, 3.05) is 11.9 Å². The average Bonchev–Trinajstić information content (AvgIpc) is 3.23. The second-order valence-corrected chi connectivity index (χ2v) is 7.16. The van der Waals surface area contributed by atoms with E-state index >= 15 is 0 Å². The van der Waals surface area contributed by atoms with Crippen LogP contribution in [-0.2, 0) is 4.79 Å². The fourth-order valence-electron chi connectivity index (χ4n) is 3.64. The highest BCUT2D eigenvalue weighted by molar-refractivity contribution is 6.05. The molecule has 1 fully saturated rings. The number of anilines is 1. The van der Waals surface area contributed by atoms with Crippen LogP contribution >= 0.6 is 0 Å². The van der Waals surface area contributed by atoms with Crippen LogP contribution in [0.25, 0.3) is 0 Å². The summed E-state index contributed by atoms with van der Waals surface area (Å²) < 4.78 is 0. The first-order valence-corrected chi connectivity index (χ1v) is 9.71. The number of hydrogen-bond acceptors (Lipinski definition) is 4. The lowest BCUT2D eigenvalue weighted by Gasteiger charge is -2.31. The Morgan fingerprint density at radius 3 is 2.46 bits per heavy atom. The van der Waals surface area contributed by atoms with Gasteiger partial charge in [-0.05, 0) is 37.8 Å². The van der Waals surface area contributed by atoms with Crippen LogP contribution in [0.2, 0.25) is 0 Å². The number of rotatable bonds is 6. The Balaban J connectivity index is 1.54. The van der Waals surface area contributed by atoms with Gasteiger partial charge < -0.3 is 15.2 Å². The van der Waals surface area contributed by atoms with E-state index in [9.17, 15) is 14.4 Å². The third-order valence-corrected chi connectivity index (χ3v) is 5.34. The summed E-state index contributed by atoms with van der Waals surface area (Å²) in [5.41, 5.74) is 1.29. The molecule has 2 N–H and O–H groups in total. The zero-order valence-electron chi connectivity index (χ0n) is 16.3. The molecule has 0 atom stereocenters. The lowest BCUT2D eigenvalue weighted by atomic mass is 9.85. The summed E-state index contributed by atoms with van der Waals surface area (Å²) >= 11 is 0. The highest BCUT2D eigenvalue weighted by atomic mass is 16.2. The van der Waals surface area contributed by atoms with E-state index in [0.717, 1.165) is 31.4 Å². The van der Waals surface area contributed by atoms with Crippen LogP contribution in [0.1, 0.15) is 60.0 Å². The first kappa shape index (κ1) is 19.8. The quantitative estimate of drug-likeness (QED) is 0.751. The lowest BCUT2D eigenvalue weighted by molar-refractivity contribution is -0.123. The minimum atomic E-state index is -0.314. The first-order chi connectivity index (χ1) is 13.5. The first-order valence-electron chi connectivity index (χ1n) is 9.71. The van der Waals surface area contributed by atoms with Crippen LogP contribution in [0.3, 0.4) is 0 Å². The van der Waals surface area contributed by atoms with E-state index in [1.165, 1.54) is 6.33 Å². The van der Waals surface area contributed by atoms with Crippen molar-refractivity contribution in [2.45, 2.75) is 45.1 Å². The third-order valence-electron chi connectivity index (χ3n) is 5.34. The molecule has 1 aliphatic carbocycles. The van der Waals surface area contributed by atoms with Crippen molar-refractivity contribution in [1.29, 1.82) is 0 Å². The summed E-state index contributed by atoms with van der Waals surface area (Å²) in [7, 11) is 1.80. The van der Waals surface area contributed by atoms with Crippen molar-refractivity contribution in [1.82, 2.24) is 15.3 Å². The molecule has 7 nitrogen and oxygen atoms in total. The number of hydrogen-bond donors (Lipinski definition) is 2. The maximum Gasteiger partial charge on any atom is 0.270 e. The number of nitrogens with zero attached hydrogens (tertiary/aromatic N) is 2. The smallest absolute Gasteiger partial charge is 0.270 e. The minimum absolute atomic E-state index is 0.00791. The van der Waals surface area contributed by atoms with Gasteiger partial charge in [0, 0.05) is 31.1 Å². The number of ketones is 1. The van der Waals surface area contributed by atoms with E-state index in [1.54, 1.807) is 18.9 Å². The van der Waals surface area contributed by atoms with Gasteiger partial charge in [0.15, 0.2) is 5.78 Å². The molecule has 0 aliphatic heterocycles. The Hall–Kier alpha value is -2.96. The van der Waals surface area contributed by atoms with Crippen molar-refractivity contribution in [3.8, 4) is 0 Å². The van der Waals surface area contributed by atoms with Gasteiger partial charge in [-0.1, -0.05) is 25.1 Å². The molecule has 7 heteroatoms. The Bertz CT molecular complexity index is 838. The summed E-state index contributed by atoms with van der Waals surface area (Å²) in [5.74, 6) is -0.404. The van der Waals surface area contributed by atoms with Gasteiger partial charge in [-0.25, -0.2) is 4.98 Å². The van der Waals surface area contributed by atoms with Crippen LogP contribution < -0.4 is 10.2 Å². The van der Waals surface area contributed by atoms with Gasteiger partial charge in [0.2, 0.25) is 5.91 Å². The monoisotopic (exact) mass is 382 g/mol. The summed E-state index contributed by atoms with van der Waals surface area (Å²) in [6, 6.07) is 9.59. The molecule has 1 aromatic heterocycles. The van der Waals surface area contributed by atoms with Crippen LogP contribution in [0.4, 0.5) is 5.69 Å². The Labute approximate surface area is 164 Å². The largest absolute Gasteiger partial charge is 0.348 e. The van der Waals surface area contributed by atoms with Crippen molar-refractivity contribution in [3.05, 3.63) is 48.0 Å². The fraction of sp³-hybridized carbons (Fsp3) is 0.429. The van der Waals surface area contributed by atoms with Gasteiger partial charge in [-0.15, -0.1) is 0 Å². The Kier molecular flexibility index (Phi) is 6.23. The maximum absolute atomic E-state index is 12.8. The third kappa shape index (κ3) is 4.30. The van der Waals surface area contributed by atoms with Crippen LogP contribution in [-0.4, -0.2) is 40.7 Å². The van der Waals surface area contributed by atoms with E-state index in [2.05, 4.69) is 15.3 Å². The molecule has 0 unspecified atom stereocenters. The molecule has 28 heavy (non-hydrogen) atoms. The lowest BCUT2D eigenvalue weighted by Crippen LogP contribution is -2.41. The number of benzene rings is 1. The van der Waals surface area contributed by atoms with Gasteiger partial charge in [-0.3, -0.25) is 14.4 Å². The molecule has 0 bridgehead atoms. The van der Waals surface area contributed by atoms with E-state index in [4.69, 9.17) is 0 Å². The maximum atomic E-state index is 12.8. The van der Waals surface area contributed by atoms with E-state index in [-0.39, 0.29) is 40.9 Å². The molecule has 1 saturated carbocycles. The molecule has 1 aromatic carbocycles. The number of aromatic amines is 1. The topological polar surface area (TPSA) is 95.2 Å². The molecule has 1 aliphatic rings. The number of aromatic nitrogens is 2. The number of imidazole rings is 1. The number of H-pyrrole nitrogens is 1. The second kappa shape index (κ2) is 8.82. The van der Waals surface area contributed by atoms with Gasteiger partial charge in [0.1, 0.15) is 11.4 Å². The average molecular weight is 382 g/mol. The van der Waals surface area contributed by atoms with E-state index in [0.29, 0.717) is 6.42 Å². The normalized spacial score (nSPS) is 19.1. The highest BCUT2D eigenvalue weighted by Crippen LogP contribution is 2.27. The summed E-state index contributed by atoms with van der Waals surface area (Å²) in [5, 5.41) is 2.97. The molecular formula is C21H26N4O3. The van der Waals surface area contributed by atoms with Gasteiger partial charge in [0.05, 0.1) is 6.33 Å². The van der Waals surface area contributed by atoms with E-state index < -0.39 is 0 Å². The van der Waals surface area contributed by atoms with Crippen molar-refractivity contribution in [3.63, 3.8) is 0 Å². The summed E-state index contributed by atoms with van der Waals surface area (Å²) in [6.45, 7) is 1.74. The number of Topliss-reactive ketones (excluding diaryl/α,β-unsaturated/α-hetero) is 1. The fourth-order valence-corrected chi connectivity index (χ4v) is 3.64.